The zero-order valence-electron chi connectivity index (χ0n) is 11.8. The molecule has 2 aromatic carbocycles. The second-order valence-electron chi connectivity index (χ2n) is 5.24. The van der Waals surface area contributed by atoms with E-state index in [4.69, 9.17) is 0 Å². The molecule has 0 saturated heterocycles. The third kappa shape index (κ3) is 3.93. The largest absolute Gasteiger partial charge is 0.388 e. The van der Waals surface area contributed by atoms with Crippen molar-refractivity contribution in [1.82, 2.24) is 0 Å². The molecule has 0 bridgehead atoms. The predicted octanol–water partition coefficient (Wildman–Crippen LogP) is 4.36. The van der Waals surface area contributed by atoms with Crippen molar-refractivity contribution in [2.24, 2.45) is 0 Å². The molecule has 0 aliphatic carbocycles. The number of hydrogen-bond donors (Lipinski definition) is 1. The minimum atomic E-state index is -0.344. The van der Waals surface area contributed by atoms with Gasteiger partial charge in [-0.25, -0.2) is 0 Å². The van der Waals surface area contributed by atoms with Crippen LogP contribution in [0, 0.1) is 13.8 Å². The molecule has 0 fully saturated rings. The quantitative estimate of drug-likeness (QED) is 0.840. The predicted molar refractivity (Wildman–Crippen MR) is 80.3 cm³/mol. The van der Waals surface area contributed by atoms with Crippen LogP contribution in [0.5, 0.6) is 0 Å². The molecule has 100 valence electrons. The van der Waals surface area contributed by atoms with Gasteiger partial charge in [-0.2, -0.15) is 0 Å². The van der Waals surface area contributed by atoms with Gasteiger partial charge in [0, 0.05) is 0 Å². The lowest BCUT2D eigenvalue weighted by Crippen LogP contribution is -1.99. The summed E-state index contributed by atoms with van der Waals surface area (Å²) in [4.78, 5) is 0. The summed E-state index contributed by atoms with van der Waals surface area (Å²) in [5.74, 6) is 0. The first kappa shape index (κ1) is 13.8. The van der Waals surface area contributed by atoms with Crippen molar-refractivity contribution in [2.45, 2.75) is 39.2 Å². The van der Waals surface area contributed by atoms with Crippen LogP contribution in [0.2, 0.25) is 0 Å². The summed E-state index contributed by atoms with van der Waals surface area (Å²) >= 11 is 0. The Bertz CT molecular complexity index is 516. The van der Waals surface area contributed by atoms with Crippen LogP contribution < -0.4 is 0 Å². The molecule has 0 spiro atoms. The first-order chi connectivity index (χ1) is 9.16. The summed E-state index contributed by atoms with van der Waals surface area (Å²) in [6.07, 6.45) is 2.51. The molecule has 0 aliphatic rings. The maximum atomic E-state index is 10.2. The minimum Gasteiger partial charge on any atom is -0.388 e. The Hall–Kier alpha value is -1.60. The highest BCUT2D eigenvalue weighted by molar-refractivity contribution is 5.31. The van der Waals surface area contributed by atoms with Gasteiger partial charge in [0.15, 0.2) is 0 Å². The summed E-state index contributed by atoms with van der Waals surface area (Å²) in [7, 11) is 0. The third-order valence-corrected chi connectivity index (χ3v) is 3.70. The fourth-order valence-electron chi connectivity index (χ4n) is 2.28. The normalized spacial score (nSPS) is 12.4. The Morgan fingerprint density at radius 1 is 0.947 bits per heavy atom. The Morgan fingerprint density at radius 2 is 1.68 bits per heavy atom. The number of aryl methyl sites for hydroxylation is 3. The van der Waals surface area contributed by atoms with Gasteiger partial charge in [-0.3, -0.25) is 0 Å². The molecule has 2 aromatic rings. The van der Waals surface area contributed by atoms with Gasteiger partial charge in [-0.15, -0.1) is 0 Å². The molecule has 0 radical (unpaired) electrons. The standard InChI is InChI=1S/C18H22O/c1-14-11-12-17(13-15(14)2)18(19)10-6-9-16-7-4-3-5-8-16/h3-5,7-8,11-13,18-19H,6,9-10H2,1-2H3. The van der Waals surface area contributed by atoms with Gasteiger partial charge in [0.2, 0.25) is 0 Å². The van der Waals surface area contributed by atoms with Crippen molar-refractivity contribution >= 4 is 0 Å². The zero-order chi connectivity index (χ0) is 13.7. The molecule has 0 amide bonds. The van der Waals surface area contributed by atoms with Crippen molar-refractivity contribution < 1.29 is 5.11 Å². The van der Waals surface area contributed by atoms with E-state index in [-0.39, 0.29) is 6.10 Å². The lowest BCUT2D eigenvalue weighted by Gasteiger charge is -2.12. The van der Waals surface area contributed by atoms with Gasteiger partial charge in [0.25, 0.3) is 0 Å². The first-order valence-corrected chi connectivity index (χ1v) is 6.96. The van der Waals surface area contributed by atoms with E-state index in [1.165, 1.54) is 16.7 Å². The Kier molecular flexibility index (Phi) is 4.75. The molecule has 0 aromatic heterocycles. The molecule has 0 aliphatic heterocycles. The van der Waals surface area contributed by atoms with Crippen LogP contribution >= 0.6 is 0 Å². The Labute approximate surface area is 115 Å². The lowest BCUT2D eigenvalue weighted by molar-refractivity contribution is 0.164. The molecule has 1 nitrogen and oxygen atoms in total. The molecule has 1 unspecified atom stereocenters. The molecule has 2 rings (SSSR count). The second-order valence-corrected chi connectivity index (χ2v) is 5.24. The van der Waals surface area contributed by atoms with E-state index in [1.807, 2.05) is 12.1 Å². The van der Waals surface area contributed by atoms with Crippen molar-refractivity contribution in [3.63, 3.8) is 0 Å². The van der Waals surface area contributed by atoms with Crippen LogP contribution in [-0.4, -0.2) is 5.11 Å². The average Bonchev–Trinajstić information content (AvgIpc) is 2.43. The highest BCUT2D eigenvalue weighted by Gasteiger charge is 2.08. The summed E-state index contributed by atoms with van der Waals surface area (Å²) in [6.45, 7) is 4.19. The molecule has 1 heteroatoms. The third-order valence-electron chi connectivity index (χ3n) is 3.70. The fourth-order valence-corrected chi connectivity index (χ4v) is 2.28. The van der Waals surface area contributed by atoms with Crippen LogP contribution in [0.4, 0.5) is 0 Å². The summed E-state index contributed by atoms with van der Waals surface area (Å²) in [6, 6.07) is 16.7. The zero-order valence-corrected chi connectivity index (χ0v) is 11.8. The highest BCUT2D eigenvalue weighted by Crippen LogP contribution is 2.21. The van der Waals surface area contributed by atoms with Crippen molar-refractivity contribution in [1.29, 1.82) is 0 Å². The molecule has 0 saturated carbocycles. The Morgan fingerprint density at radius 3 is 2.37 bits per heavy atom. The SMILES string of the molecule is Cc1ccc(C(O)CCCc2ccccc2)cc1C. The maximum absolute atomic E-state index is 10.2. The van der Waals surface area contributed by atoms with E-state index in [0.29, 0.717) is 0 Å². The van der Waals surface area contributed by atoms with Gasteiger partial charge >= 0.3 is 0 Å². The number of hydrogen-bond acceptors (Lipinski definition) is 1. The Balaban J connectivity index is 1.87. The summed E-state index contributed by atoms with van der Waals surface area (Å²) in [5, 5.41) is 10.2. The topological polar surface area (TPSA) is 20.2 Å². The van der Waals surface area contributed by atoms with Gasteiger partial charge in [0.05, 0.1) is 6.10 Å². The first-order valence-electron chi connectivity index (χ1n) is 6.96. The van der Waals surface area contributed by atoms with Crippen molar-refractivity contribution in [3.05, 3.63) is 70.8 Å². The number of rotatable bonds is 5. The molecule has 1 N–H and O–H groups in total. The van der Waals surface area contributed by atoms with Crippen molar-refractivity contribution in [3.8, 4) is 0 Å². The van der Waals surface area contributed by atoms with Crippen LogP contribution in [-0.2, 0) is 6.42 Å². The number of aliphatic hydroxyl groups is 1. The van der Waals surface area contributed by atoms with E-state index in [2.05, 4.69) is 50.2 Å². The molecular formula is C18H22O. The second kappa shape index (κ2) is 6.53. The van der Waals surface area contributed by atoms with E-state index < -0.39 is 0 Å². The molecule has 1 atom stereocenters. The van der Waals surface area contributed by atoms with Crippen LogP contribution in [0.25, 0.3) is 0 Å². The minimum absolute atomic E-state index is 0.344. The fraction of sp³-hybridized carbons (Fsp3) is 0.333. The van der Waals surface area contributed by atoms with Gasteiger partial charge in [0.1, 0.15) is 0 Å². The summed E-state index contributed by atoms with van der Waals surface area (Å²) in [5.41, 5.74) is 4.91. The summed E-state index contributed by atoms with van der Waals surface area (Å²) < 4.78 is 0. The molecular weight excluding hydrogens is 232 g/mol. The van der Waals surface area contributed by atoms with E-state index in [0.717, 1.165) is 24.8 Å². The lowest BCUT2D eigenvalue weighted by atomic mass is 9.98. The average molecular weight is 254 g/mol. The van der Waals surface area contributed by atoms with E-state index in [9.17, 15) is 5.11 Å². The monoisotopic (exact) mass is 254 g/mol. The smallest absolute Gasteiger partial charge is 0.0790 e. The van der Waals surface area contributed by atoms with Gasteiger partial charge < -0.3 is 5.11 Å². The van der Waals surface area contributed by atoms with Crippen molar-refractivity contribution in [2.75, 3.05) is 0 Å². The number of benzene rings is 2. The van der Waals surface area contributed by atoms with Gasteiger partial charge in [-0.05, 0) is 55.4 Å². The van der Waals surface area contributed by atoms with Crippen LogP contribution in [0.3, 0.4) is 0 Å². The van der Waals surface area contributed by atoms with Crippen LogP contribution in [0.15, 0.2) is 48.5 Å². The molecule has 0 heterocycles. The van der Waals surface area contributed by atoms with E-state index >= 15 is 0 Å². The molecule has 19 heavy (non-hydrogen) atoms. The van der Waals surface area contributed by atoms with Crippen LogP contribution in [0.1, 0.15) is 41.2 Å². The van der Waals surface area contributed by atoms with E-state index in [1.54, 1.807) is 0 Å². The van der Waals surface area contributed by atoms with Gasteiger partial charge in [-0.1, -0.05) is 48.5 Å². The highest BCUT2D eigenvalue weighted by atomic mass is 16.3. The maximum Gasteiger partial charge on any atom is 0.0790 e. The number of aliphatic hydroxyl groups excluding tert-OH is 1.